The molecule has 4 rings (SSSR count). The molecule has 2 aromatic carbocycles. The van der Waals surface area contributed by atoms with Crippen LogP contribution in [0.25, 0.3) is 0 Å². The van der Waals surface area contributed by atoms with Gasteiger partial charge in [-0.15, -0.1) is 0 Å². The number of likely N-dealkylation sites (tertiary alicyclic amines) is 1. The number of carboxylic acids is 1. The number of rotatable bonds is 5. The lowest BCUT2D eigenvalue weighted by Gasteiger charge is -2.35. The molecule has 0 bridgehead atoms. The van der Waals surface area contributed by atoms with Crippen LogP contribution in [0.1, 0.15) is 47.2 Å². The van der Waals surface area contributed by atoms with Gasteiger partial charge >= 0.3 is 5.97 Å². The normalized spacial score (nSPS) is 18.7. The highest BCUT2D eigenvalue weighted by Gasteiger charge is 2.53. The average Bonchev–Trinajstić information content (AvgIpc) is 3.51. The molecule has 1 N–H and O–H groups in total. The summed E-state index contributed by atoms with van der Waals surface area (Å²) in [6, 6.07) is 13.5. The monoisotopic (exact) mass is 381 g/mol. The maximum Gasteiger partial charge on any atom is 0.335 e. The van der Waals surface area contributed by atoms with Gasteiger partial charge < -0.3 is 10.0 Å². The van der Waals surface area contributed by atoms with E-state index in [0.29, 0.717) is 24.6 Å². The summed E-state index contributed by atoms with van der Waals surface area (Å²) in [5.41, 5.74) is 1.69. The maximum atomic E-state index is 13.2. The molecule has 0 unspecified atom stereocenters. The van der Waals surface area contributed by atoms with Crippen molar-refractivity contribution in [1.29, 1.82) is 0 Å². The molecule has 1 saturated heterocycles. The van der Waals surface area contributed by atoms with E-state index in [9.17, 15) is 19.1 Å². The molecule has 5 heteroatoms. The van der Waals surface area contributed by atoms with Crippen LogP contribution in [0.3, 0.4) is 0 Å². The molecule has 0 spiro atoms. The lowest BCUT2D eigenvalue weighted by molar-refractivity contribution is -0.135. The molecule has 2 fully saturated rings. The second kappa shape index (κ2) is 7.38. The van der Waals surface area contributed by atoms with Crippen molar-refractivity contribution in [3.63, 3.8) is 0 Å². The molecule has 2 aliphatic rings. The van der Waals surface area contributed by atoms with Gasteiger partial charge in [0.15, 0.2) is 0 Å². The number of carbonyl (C=O) groups is 2. The van der Waals surface area contributed by atoms with Gasteiger partial charge in [0.1, 0.15) is 5.82 Å². The van der Waals surface area contributed by atoms with E-state index in [1.54, 1.807) is 24.3 Å². The number of piperidine rings is 1. The lowest BCUT2D eigenvalue weighted by atomic mass is 9.87. The van der Waals surface area contributed by atoms with Crippen molar-refractivity contribution in [3.8, 4) is 0 Å². The highest BCUT2D eigenvalue weighted by Crippen LogP contribution is 2.50. The first kappa shape index (κ1) is 18.7. The van der Waals surface area contributed by atoms with E-state index in [4.69, 9.17) is 0 Å². The topological polar surface area (TPSA) is 57.6 Å². The van der Waals surface area contributed by atoms with Crippen LogP contribution in [0.5, 0.6) is 0 Å². The molecule has 2 aromatic rings. The third-order valence-electron chi connectivity index (χ3n) is 6.21. The van der Waals surface area contributed by atoms with Crippen LogP contribution in [0, 0.1) is 11.7 Å². The summed E-state index contributed by atoms with van der Waals surface area (Å²) in [6.07, 6.45) is 4.12. The maximum absolute atomic E-state index is 13.2. The summed E-state index contributed by atoms with van der Waals surface area (Å²) in [5.74, 6) is -0.637. The summed E-state index contributed by atoms with van der Waals surface area (Å²) in [4.78, 5) is 26.5. The van der Waals surface area contributed by atoms with Crippen molar-refractivity contribution < 1.29 is 19.1 Å². The molecule has 1 aliphatic heterocycles. The largest absolute Gasteiger partial charge is 0.478 e. The standard InChI is InChI=1S/C23H24FNO3/c24-19-7-5-18(6-8-19)23(11-12-23)22(28)25-13-9-16(10-14-25)15-17-3-1-2-4-20(17)21(26)27/h1-8,16H,9-15H2,(H,26,27). The predicted octanol–water partition coefficient (Wildman–Crippen LogP) is 4.04. The third kappa shape index (κ3) is 3.53. The Balaban J connectivity index is 1.39. The Morgan fingerprint density at radius 1 is 1.04 bits per heavy atom. The number of aromatic carboxylic acids is 1. The Morgan fingerprint density at radius 3 is 2.29 bits per heavy atom. The first-order valence-corrected chi connectivity index (χ1v) is 9.86. The fourth-order valence-electron chi connectivity index (χ4n) is 4.38. The average molecular weight is 381 g/mol. The van der Waals surface area contributed by atoms with Crippen molar-refractivity contribution in [2.24, 2.45) is 5.92 Å². The van der Waals surface area contributed by atoms with Crippen molar-refractivity contribution in [1.82, 2.24) is 4.90 Å². The predicted molar refractivity (Wildman–Crippen MR) is 104 cm³/mol. The van der Waals surface area contributed by atoms with E-state index >= 15 is 0 Å². The first-order valence-electron chi connectivity index (χ1n) is 9.86. The minimum absolute atomic E-state index is 0.156. The first-order chi connectivity index (χ1) is 13.5. The fourth-order valence-corrected chi connectivity index (χ4v) is 4.38. The van der Waals surface area contributed by atoms with Crippen molar-refractivity contribution in [2.75, 3.05) is 13.1 Å². The zero-order valence-electron chi connectivity index (χ0n) is 15.7. The van der Waals surface area contributed by atoms with E-state index in [-0.39, 0.29) is 11.7 Å². The number of amides is 1. The van der Waals surface area contributed by atoms with Gasteiger partial charge in [0, 0.05) is 13.1 Å². The second-order valence-corrected chi connectivity index (χ2v) is 7.99. The van der Waals surface area contributed by atoms with Gasteiger partial charge in [-0.1, -0.05) is 30.3 Å². The van der Waals surface area contributed by atoms with E-state index in [2.05, 4.69) is 0 Å². The van der Waals surface area contributed by atoms with E-state index in [1.807, 2.05) is 17.0 Å². The summed E-state index contributed by atoms with van der Waals surface area (Å²) in [5, 5.41) is 9.36. The molecule has 4 nitrogen and oxygen atoms in total. The number of benzene rings is 2. The Hall–Kier alpha value is -2.69. The van der Waals surface area contributed by atoms with Gasteiger partial charge in [0.25, 0.3) is 0 Å². The van der Waals surface area contributed by atoms with E-state index in [1.165, 1.54) is 12.1 Å². The number of hydrogen-bond acceptors (Lipinski definition) is 2. The van der Waals surface area contributed by atoms with Gasteiger partial charge in [-0.3, -0.25) is 4.79 Å². The Labute approximate surface area is 164 Å². The van der Waals surface area contributed by atoms with Crippen LogP contribution in [-0.4, -0.2) is 35.0 Å². The third-order valence-corrected chi connectivity index (χ3v) is 6.21. The molecule has 1 aliphatic carbocycles. The summed E-state index contributed by atoms with van der Waals surface area (Å²) >= 11 is 0. The molecule has 28 heavy (non-hydrogen) atoms. The fraction of sp³-hybridized carbons (Fsp3) is 0.391. The van der Waals surface area contributed by atoms with Crippen molar-refractivity contribution >= 4 is 11.9 Å². The molecular weight excluding hydrogens is 357 g/mol. The number of nitrogens with zero attached hydrogens (tertiary/aromatic N) is 1. The van der Waals surface area contributed by atoms with Crippen LogP contribution in [0.4, 0.5) is 4.39 Å². The van der Waals surface area contributed by atoms with Crippen LogP contribution in [-0.2, 0) is 16.6 Å². The summed E-state index contributed by atoms with van der Waals surface area (Å²) in [6.45, 7) is 1.39. The number of carboxylic acid groups (broad SMARTS) is 1. The molecule has 0 radical (unpaired) electrons. The Morgan fingerprint density at radius 2 is 1.68 bits per heavy atom. The SMILES string of the molecule is O=C(O)c1ccccc1CC1CCN(C(=O)C2(c3ccc(F)cc3)CC2)CC1. The lowest BCUT2D eigenvalue weighted by Crippen LogP contribution is -2.44. The van der Waals surface area contributed by atoms with Gasteiger partial charge in [0.05, 0.1) is 11.0 Å². The second-order valence-electron chi connectivity index (χ2n) is 7.99. The molecule has 0 aromatic heterocycles. The molecular formula is C23H24FNO3. The van der Waals surface area contributed by atoms with Gasteiger partial charge in [0.2, 0.25) is 5.91 Å². The summed E-state index contributed by atoms with van der Waals surface area (Å²) in [7, 11) is 0. The van der Waals surface area contributed by atoms with Crippen molar-refractivity contribution in [2.45, 2.75) is 37.5 Å². The van der Waals surface area contributed by atoms with Gasteiger partial charge in [-0.2, -0.15) is 0 Å². The Bertz CT molecular complexity index is 881. The minimum atomic E-state index is -0.891. The van der Waals surface area contributed by atoms with Gasteiger partial charge in [-0.05, 0) is 67.3 Å². The number of carbonyl (C=O) groups excluding carboxylic acids is 1. The molecule has 1 heterocycles. The number of hydrogen-bond donors (Lipinski definition) is 1. The van der Waals surface area contributed by atoms with Crippen LogP contribution < -0.4 is 0 Å². The number of halogens is 1. The zero-order valence-corrected chi connectivity index (χ0v) is 15.7. The van der Waals surface area contributed by atoms with Crippen LogP contribution in [0.15, 0.2) is 48.5 Å². The quantitative estimate of drug-likeness (QED) is 0.851. The molecule has 1 amide bonds. The highest BCUT2D eigenvalue weighted by atomic mass is 19.1. The molecule has 146 valence electrons. The smallest absolute Gasteiger partial charge is 0.335 e. The minimum Gasteiger partial charge on any atom is -0.478 e. The zero-order chi connectivity index (χ0) is 19.7. The van der Waals surface area contributed by atoms with Crippen LogP contribution in [0.2, 0.25) is 0 Å². The van der Waals surface area contributed by atoms with E-state index in [0.717, 1.165) is 43.2 Å². The Kier molecular flexibility index (Phi) is 4.92. The van der Waals surface area contributed by atoms with E-state index < -0.39 is 11.4 Å². The molecule has 0 atom stereocenters. The highest BCUT2D eigenvalue weighted by molar-refractivity contribution is 5.91. The molecule has 1 saturated carbocycles. The van der Waals surface area contributed by atoms with Crippen molar-refractivity contribution in [3.05, 3.63) is 71.0 Å². The van der Waals surface area contributed by atoms with Gasteiger partial charge in [-0.25, -0.2) is 9.18 Å². The summed E-state index contributed by atoms with van der Waals surface area (Å²) < 4.78 is 13.2. The van der Waals surface area contributed by atoms with Crippen LogP contribution >= 0.6 is 0 Å².